The van der Waals surface area contributed by atoms with Crippen LogP contribution in [0.25, 0.3) is 0 Å². The van der Waals surface area contributed by atoms with Gasteiger partial charge in [0.25, 0.3) is 0 Å². The maximum absolute atomic E-state index is 14.1. The first-order valence-corrected chi connectivity index (χ1v) is 10.7. The summed E-state index contributed by atoms with van der Waals surface area (Å²) in [6.07, 6.45) is 1.30. The molecule has 8 heteroatoms. The summed E-state index contributed by atoms with van der Waals surface area (Å²) in [5.41, 5.74) is 2.28. The van der Waals surface area contributed by atoms with E-state index in [0.717, 1.165) is 17.3 Å². The van der Waals surface area contributed by atoms with Gasteiger partial charge in [0.15, 0.2) is 0 Å². The molecule has 2 heterocycles. The van der Waals surface area contributed by atoms with Crippen LogP contribution in [0.4, 0.5) is 10.1 Å². The Morgan fingerprint density at radius 3 is 2.63 bits per heavy atom. The molecule has 0 unspecified atom stereocenters. The molecule has 0 N–H and O–H groups in total. The molecule has 0 radical (unpaired) electrons. The van der Waals surface area contributed by atoms with Crippen LogP contribution in [-0.2, 0) is 21.4 Å². The van der Waals surface area contributed by atoms with Crippen LogP contribution in [0.1, 0.15) is 18.4 Å². The average Bonchev–Trinajstić information content (AvgIpc) is 2.69. The van der Waals surface area contributed by atoms with Crippen LogP contribution in [0.5, 0.6) is 0 Å². The van der Waals surface area contributed by atoms with Gasteiger partial charge in [0, 0.05) is 35.4 Å². The first-order chi connectivity index (χ1) is 13.0. The fourth-order valence-corrected chi connectivity index (χ4v) is 5.54. The fraction of sp³-hybridized carbons (Fsp3) is 0.368. The lowest BCUT2D eigenvalue weighted by molar-refractivity contribution is 0.0988. The molecular weight excluding hydrogens is 391 g/mol. The van der Waals surface area contributed by atoms with Crippen molar-refractivity contribution in [2.24, 2.45) is 0 Å². The molecule has 1 fully saturated rings. The highest BCUT2D eigenvalue weighted by molar-refractivity contribution is 7.89. The summed E-state index contributed by atoms with van der Waals surface area (Å²) in [5, 5.41) is 0.201. The molecular formula is C19H20ClFN2O3S. The number of nitrogens with zero attached hydrogens (tertiary/aromatic N) is 2. The summed E-state index contributed by atoms with van der Waals surface area (Å²) in [6.45, 7) is 1.75. The van der Waals surface area contributed by atoms with E-state index in [1.165, 1.54) is 16.4 Å². The Morgan fingerprint density at radius 1 is 1.11 bits per heavy atom. The van der Waals surface area contributed by atoms with Gasteiger partial charge in [-0.05, 0) is 37.1 Å². The van der Waals surface area contributed by atoms with E-state index in [1.807, 2.05) is 18.2 Å². The first-order valence-electron chi connectivity index (χ1n) is 8.84. The van der Waals surface area contributed by atoms with Gasteiger partial charge in [0.05, 0.1) is 6.61 Å². The van der Waals surface area contributed by atoms with Gasteiger partial charge < -0.3 is 9.64 Å². The normalized spacial score (nSPS) is 19.1. The van der Waals surface area contributed by atoms with E-state index in [9.17, 15) is 12.8 Å². The molecule has 0 saturated carbocycles. The molecule has 5 nitrogen and oxygen atoms in total. The Bertz CT molecular complexity index is 946. The van der Waals surface area contributed by atoms with Crippen LogP contribution in [0, 0.1) is 5.82 Å². The zero-order valence-electron chi connectivity index (χ0n) is 14.6. The minimum Gasteiger partial charge on any atom is -0.356 e. The van der Waals surface area contributed by atoms with Crippen LogP contribution >= 0.6 is 11.6 Å². The molecule has 2 aliphatic rings. The lowest BCUT2D eigenvalue weighted by Crippen LogP contribution is -2.48. The molecule has 27 heavy (non-hydrogen) atoms. The minimum atomic E-state index is -3.91. The largest absolute Gasteiger partial charge is 0.356 e. The van der Waals surface area contributed by atoms with Crippen molar-refractivity contribution in [3.05, 3.63) is 58.9 Å². The highest BCUT2D eigenvalue weighted by Gasteiger charge is 2.34. The van der Waals surface area contributed by atoms with Gasteiger partial charge in [-0.2, -0.15) is 4.31 Å². The van der Waals surface area contributed by atoms with Crippen molar-refractivity contribution in [3.8, 4) is 0 Å². The molecule has 0 aromatic heterocycles. The topological polar surface area (TPSA) is 49.9 Å². The van der Waals surface area contributed by atoms with Crippen molar-refractivity contribution in [2.45, 2.75) is 30.4 Å². The molecule has 2 aromatic carbocycles. The van der Waals surface area contributed by atoms with Crippen molar-refractivity contribution >= 4 is 27.3 Å². The van der Waals surface area contributed by atoms with Crippen molar-refractivity contribution in [1.29, 1.82) is 0 Å². The summed E-state index contributed by atoms with van der Waals surface area (Å²) in [5.74, 6) is -0.778. The van der Waals surface area contributed by atoms with Crippen molar-refractivity contribution < 1.29 is 17.5 Å². The Hall–Kier alpha value is -1.67. The number of hydrogen-bond acceptors (Lipinski definition) is 4. The van der Waals surface area contributed by atoms with Gasteiger partial charge in [-0.25, -0.2) is 12.8 Å². The van der Waals surface area contributed by atoms with E-state index < -0.39 is 15.8 Å². The smallest absolute Gasteiger partial charge is 0.246 e. The third-order valence-corrected chi connectivity index (χ3v) is 7.31. The number of fused-ring (bicyclic) bond motifs is 1. The van der Waals surface area contributed by atoms with Crippen LogP contribution in [0.15, 0.2) is 47.4 Å². The number of anilines is 1. The second kappa shape index (κ2) is 7.39. The van der Waals surface area contributed by atoms with E-state index in [2.05, 4.69) is 11.0 Å². The molecule has 2 aromatic rings. The van der Waals surface area contributed by atoms with E-state index >= 15 is 0 Å². The first kappa shape index (κ1) is 18.7. The number of para-hydroxylation sites is 1. The molecule has 0 amide bonds. The van der Waals surface area contributed by atoms with Gasteiger partial charge in [0.2, 0.25) is 10.0 Å². The van der Waals surface area contributed by atoms with E-state index in [1.54, 1.807) is 0 Å². The van der Waals surface area contributed by atoms with E-state index in [4.69, 9.17) is 16.3 Å². The fourth-order valence-electron chi connectivity index (χ4n) is 3.75. The average molecular weight is 411 g/mol. The molecule has 0 spiro atoms. The number of halogens is 2. The number of sulfonamides is 1. The number of ether oxygens (including phenoxy) is 1. The maximum Gasteiger partial charge on any atom is 0.246 e. The molecule has 0 aliphatic carbocycles. The third-order valence-electron chi connectivity index (χ3n) is 5.16. The maximum atomic E-state index is 14.1. The highest BCUT2D eigenvalue weighted by Crippen LogP contribution is 2.32. The SMILES string of the molecule is O=S(=O)(c1cc(Cl)ccc1F)N1CCC(N2COCc3ccccc32)CC1. The number of benzene rings is 2. The zero-order chi connectivity index (χ0) is 19.0. The number of piperidine rings is 1. The highest BCUT2D eigenvalue weighted by atomic mass is 35.5. The van der Waals surface area contributed by atoms with Crippen LogP contribution < -0.4 is 4.90 Å². The van der Waals surface area contributed by atoms with E-state index in [0.29, 0.717) is 39.3 Å². The van der Waals surface area contributed by atoms with Crippen molar-refractivity contribution in [3.63, 3.8) is 0 Å². The molecule has 0 atom stereocenters. The second-order valence-corrected chi connectivity index (χ2v) is 9.13. The lowest BCUT2D eigenvalue weighted by atomic mass is 10.0. The van der Waals surface area contributed by atoms with Gasteiger partial charge >= 0.3 is 0 Å². The van der Waals surface area contributed by atoms with Gasteiger partial charge in [0.1, 0.15) is 17.4 Å². The molecule has 144 valence electrons. The monoisotopic (exact) mass is 410 g/mol. The van der Waals surface area contributed by atoms with Gasteiger partial charge in [-0.15, -0.1) is 0 Å². The summed E-state index contributed by atoms with van der Waals surface area (Å²) < 4.78 is 46.8. The van der Waals surface area contributed by atoms with Gasteiger partial charge in [-0.3, -0.25) is 0 Å². The molecule has 1 saturated heterocycles. The lowest BCUT2D eigenvalue weighted by Gasteiger charge is -2.41. The van der Waals surface area contributed by atoms with Crippen molar-refractivity contribution in [1.82, 2.24) is 4.31 Å². The summed E-state index contributed by atoms with van der Waals surface area (Å²) in [6, 6.07) is 11.9. The van der Waals surface area contributed by atoms with Crippen LogP contribution in [0.3, 0.4) is 0 Å². The standard InChI is InChI=1S/C19H20ClFN2O3S/c20-15-5-6-17(21)19(11-15)27(24,25)22-9-7-16(8-10-22)23-13-26-12-14-3-1-2-4-18(14)23/h1-6,11,16H,7-10,12-13H2. The van der Waals surface area contributed by atoms with Crippen LogP contribution in [0.2, 0.25) is 5.02 Å². The predicted octanol–water partition coefficient (Wildman–Crippen LogP) is 3.63. The quantitative estimate of drug-likeness (QED) is 0.775. The third kappa shape index (κ3) is 3.57. The molecule has 4 rings (SSSR count). The minimum absolute atomic E-state index is 0.183. The summed E-state index contributed by atoms with van der Waals surface area (Å²) >= 11 is 5.86. The molecule has 0 bridgehead atoms. The van der Waals surface area contributed by atoms with Crippen molar-refractivity contribution in [2.75, 3.05) is 24.7 Å². The summed E-state index contributed by atoms with van der Waals surface area (Å²) in [7, 11) is -3.91. The molecule has 2 aliphatic heterocycles. The number of rotatable bonds is 3. The Kier molecular flexibility index (Phi) is 5.11. The number of hydrogen-bond donors (Lipinski definition) is 0. The Labute approximate surface area is 163 Å². The Balaban J connectivity index is 1.50. The van der Waals surface area contributed by atoms with Gasteiger partial charge in [-0.1, -0.05) is 29.8 Å². The Morgan fingerprint density at radius 2 is 1.85 bits per heavy atom. The second-order valence-electron chi connectivity index (χ2n) is 6.79. The summed E-state index contributed by atoms with van der Waals surface area (Å²) in [4.78, 5) is 1.84. The zero-order valence-corrected chi connectivity index (χ0v) is 16.2. The van der Waals surface area contributed by atoms with Crippen LogP contribution in [-0.4, -0.2) is 38.6 Å². The predicted molar refractivity (Wildman–Crippen MR) is 102 cm³/mol. The van der Waals surface area contributed by atoms with E-state index in [-0.39, 0.29) is 16.0 Å².